The second-order valence-electron chi connectivity index (χ2n) is 9.56. The molecule has 1 saturated carbocycles. The van der Waals surface area contributed by atoms with Crippen molar-refractivity contribution in [2.75, 3.05) is 18.4 Å². The summed E-state index contributed by atoms with van der Waals surface area (Å²) in [5.74, 6) is 0.502. The van der Waals surface area contributed by atoms with Crippen LogP contribution in [0.25, 0.3) is 16.9 Å². The van der Waals surface area contributed by atoms with Gasteiger partial charge in [0, 0.05) is 29.6 Å². The first-order valence-electron chi connectivity index (χ1n) is 12.3. The molecule has 1 aromatic heterocycles. The number of carbonyl (C=O) groups is 2. The third-order valence-electron chi connectivity index (χ3n) is 6.43. The van der Waals surface area contributed by atoms with E-state index in [-0.39, 0.29) is 18.4 Å². The van der Waals surface area contributed by atoms with E-state index >= 15 is 0 Å². The maximum Gasteiger partial charge on any atom is 0.254 e. The van der Waals surface area contributed by atoms with Crippen LogP contribution in [-0.4, -0.2) is 39.4 Å². The third-order valence-corrected chi connectivity index (χ3v) is 6.43. The van der Waals surface area contributed by atoms with Crippen molar-refractivity contribution in [1.29, 1.82) is 0 Å². The molecule has 182 valence electrons. The summed E-state index contributed by atoms with van der Waals surface area (Å²) in [6, 6.07) is 25.4. The summed E-state index contributed by atoms with van der Waals surface area (Å²) in [6.07, 6.45) is 4.12. The molecule has 0 saturated heterocycles. The van der Waals surface area contributed by atoms with Gasteiger partial charge in [-0.25, -0.2) is 4.98 Å². The molecule has 36 heavy (non-hydrogen) atoms. The fourth-order valence-electron chi connectivity index (χ4n) is 4.17. The van der Waals surface area contributed by atoms with Crippen LogP contribution >= 0.6 is 0 Å². The third kappa shape index (κ3) is 5.54. The van der Waals surface area contributed by atoms with Crippen LogP contribution < -0.4 is 5.32 Å². The van der Waals surface area contributed by atoms with Crippen molar-refractivity contribution in [3.8, 4) is 16.9 Å². The highest BCUT2D eigenvalue weighted by Crippen LogP contribution is 2.30. The summed E-state index contributed by atoms with van der Waals surface area (Å²) >= 11 is 0. The van der Waals surface area contributed by atoms with Gasteiger partial charge in [0.05, 0.1) is 5.69 Å². The molecule has 2 amide bonds. The van der Waals surface area contributed by atoms with Gasteiger partial charge in [0.2, 0.25) is 11.9 Å². The average molecular weight is 479 g/mol. The van der Waals surface area contributed by atoms with Crippen LogP contribution in [0.5, 0.6) is 0 Å². The molecule has 6 nitrogen and oxygen atoms in total. The van der Waals surface area contributed by atoms with E-state index in [0.717, 1.165) is 40.9 Å². The van der Waals surface area contributed by atoms with Gasteiger partial charge in [0.15, 0.2) is 0 Å². The monoisotopic (exact) mass is 478 g/mol. The number of anilines is 1. The average Bonchev–Trinajstić information content (AvgIpc) is 3.62. The first kappa shape index (κ1) is 23.5. The highest BCUT2D eigenvalue weighted by Gasteiger charge is 2.29. The van der Waals surface area contributed by atoms with Crippen molar-refractivity contribution in [3.63, 3.8) is 0 Å². The quantitative estimate of drug-likeness (QED) is 0.356. The Labute approximate surface area is 211 Å². The smallest absolute Gasteiger partial charge is 0.254 e. The van der Waals surface area contributed by atoms with Gasteiger partial charge < -0.3 is 4.90 Å². The molecule has 0 spiro atoms. The number of nitrogens with zero attached hydrogens (tertiary/aromatic N) is 3. The summed E-state index contributed by atoms with van der Waals surface area (Å²) in [6.45, 7) is 4.59. The van der Waals surface area contributed by atoms with E-state index in [1.165, 1.54) is 0 Å². The molecule has 1 N–H and O–H groups in total. The van der Waals surface area contributed by atoms with Gasteiger partial charge in [0.25, 0.3) is 5.91 Å². The lowest BCUT2D eigenvalue weighted by Gasteiger charge is -2.22. The molecule has 0 unspecified atom stereocenters. The van der Waals surface area contributed by atoms with E-state index in [2.05, 4.69) is 5.32 Å². The number of hydrogen-bond donors (Lipinski definition) is 1. The van der Waals surface area contributed by atoms with Gasteiger partial charge in [-0.2, -0.15) is 0 Å². The van der Waals surface area contributed by atoms with Gasteiger partial charge >= 0.3 is 0 Å². The van der Waals surface area contributed by atoms with E-state index in [0.29, 0.717) is 24.0 Å². The zero-order valence-electron chi connectivity index (χ0n) is 20.6. The lowest BCUT2D eigenvalue weighted by atomic mass is 10.1. The number of benzene rings is 3. The Bertz CT molecular complexity index is 1350. The second-order valence-corrected chi connectivity index (χ2v) is 9.56. The second kappa shape index (κ2) is 10.2. The minimum absolute atomic E-state index is 0.0232. The van der Waals surface area contributed by atoms with Crippen molar-refractivity contribution in [2.45, 2.75) is 26.7 Å². The van der Waals surface area contributed by atoms with Gasteiger partial charge in [-0.3, -0.25) is 19.5 Å². The minimum Gasteiger partial charge on any atom is -0.329 e. The molecule has 3 aromatic carbocycles. The van der Waals surface area contributed by atoms with Crippen LogP contribution in [0.2, 0.25) is 0 Å². The van der Waals surface area contributed by atoms with E-state index in [9.17, 15) is 9.59 Å². The molecular formula is C30H30N4O2. The predicted molar refractivity (Wildman–Crippen MR) is 142 cm³/mol. The lowest BCUT2D eigenvalue weighted by Crippen LogP contribution is -2.39. The topological polar surface area (TPSA) is 67.2 Å². The molecule has 0 atom stereocenters. The van der Waals surface area contributed by atoms with Crippen molar-refractivity contribution >= 4 is 17.8 Å². The summed E-state index contributed by atoms with van der Waals surface area (Å²) < 4.78 is 1.88. The molecule has 6 heteroatoms. The predicted octanol–water partition coefficient (Wildman–Crippen LogP) is 5.65. The number of aromatic nitrogens is 2. The Hall–Kier alpha value is -4.19. The molecule has 1 heterocycles. The van der Waals surface area contributed by atoms with Crippen molar-refractivity contribution in [2.24, 2.45) is 5.92 Å². The highest BCUT2D eigenvalue weighted by molar-refractivity contribution is 5.99. The Kier molecular flexibility index (Phi) is 6.67. The maximum atomic E-state index is 13.2. The molecule has 1 aliphatic rings. The molecule has 0 aliphatic heterocycles. The first-order chi connectivity index (χ1) is 17.5. The molecule has 4 aromatic rings. The maximum absolute atomic E-state index is 13.2. The van der Waals surface area contributed by atoms with Crippen molar-refractivity contribution < 1.29 is 9.59 Å². The molecule has 1 aliphatic carbocycles. The number of amides is 2. The van der Waals surface area contributed by atoms with Gasteiger partial charge in [-0.15, -0.1) is 0 Å². The van der Waals surface area contributed by atoms with Crippen LogP contribution in [0.4, 0.5) is 5.95 Å². The number of nitrogens with one attached hydrogen (secondary N) is 1. The number of carbonyl (C=O) groups excluding carboxylic acids is 2. The van der Waals surface area contributed by atoms with Gasteiger partial charge in [-0.05, 0) is 56.9 Å². The number of imidazole rings is 1. The molecule has 1 fully saturated rings. The Morgan fingerprint density at radius 3 is 2.19 bits per heavy atom. The summed E-state index contributed by atoms with van der Waals surface area (Å²) in [7, 11) is 0. The standard InChI is InChI=1S/C30H30N4O2/c1-21-8-14-25(15-9-21)29(36)33(18-23-12-13-23)20-28(35)32-30-31-27(24-6-4-3-5-7-24)19-34(30)26-16-10-22(2)11-17-26/h3-11,14-17,19,23H,12-13,18,20H2,1-2H3,(H,31,32,35). The Morgan fingerprint density at radius 2 is 1.56 bits per heavy atom. The zero-order valence-corrected chi connectivity index (χ0v) is 20.6. The zero-order chi connectivity index (χ0) is 25.1. The minimum atomic E-state index is -0.269. The summed E-state index contributed by atoms with van der Waals surface area (Å²) in [5.41, 5.74) is 5.46. The molecular weight excluding hydrogens is 448 g/mol. The summed E-state index contributed by atoms with van der Waals surface area (Å²) in [4.78, 5) is 32.9. The lowest BCUT2D eigenvalue weighted by molar-refractivity contribution is -0.117. The largest absolute Gasteiger partial charge is 0.329 e. The Morgan fingerprint density at radius 1 is 0.917 bits per heavy atom. The van der Waals surface area contributed by atoms with Crippen LogP contribution in [0.1, 0.15) is 34.3 Å². The van der Waals surface area contributed by atoms with E-state index in [4.69, 9.17) is 4.98 Å². The fourth-order valence-corrected chi connectivity index (χ4v) is 4.17. The van der Waals surface area contributed by atoms with E-state index in [1.807, 2.05) is 103 Å². The van der Waals surface area contributed by atoms with Crippen molar-refractivity contribution in [3.05, 3.63) is 102 Å². The summed E-state index contributed by atoms with van der Waals surface area (Å²) in [5, 5.41) is 2.97. The fraction of sp³-hybridized carbons (Fsp3) is 0.233. The van der Waals surface area contributed by atoms with Crippen LogP contribution in [-0.2, 0) is 4.79 Å². The van der Waals surface area contributed by atoms with Gasteiger partial charge in [0.1, 0.15) is 6.54 Å². The van der Waals surface area contributed by atoms with Crippen LogP contribution in [0, 0.1) is 19.8 Å². The van der Waals surface area contributed by atoms with Crippen LogP contribution in [0.15, 0.2) is 85.1 Å². The number of rotatable bonds is 8. The SMILES string of the molecule is Cc1ccc(C(=O)N(CC(=O)Nc2nc(-c3ccccc3)cn2-c2ccc(C)cc2)CC2CC2)cc1. The number of aryl methyl sites for hydroxylation is 2. The normalized spacial score (nSPS) is 12.8. The van der Waals surface area contributed by atoms with Crippen molar-refractivity contribution in [1.82, 2.24) is 14.5 Å². The molecule has 0 bridgehead atoms. The van der Waals surface area contributed by atoms with E-state index in [1.54, 1.807) is 4.90 Å². The highest BCUT2D eigenvalue weighted by atomic mass is 16.2. The molecule has 5 rings (SSSR count). The van der Waals surface area contributed by atoms with E-state index < -0.39 is 0 Å². The number of hydrogen-bond acceptors (Lipinski definition) is 3. The molecule has 0 radical (unpaired) electrons. The van der Waals surface area contributed by atoms with Gasteiger partial charge in [-0.1, -0.05) is 65.7 Å². The first-order valence-corrected chi connectivity index (χ1v) is 12.3. The Balaban J connectivity index is 1.40. The van der Waals surface area contributed by atoms with Crippen LogP contribution in [0.3, 0.4) is 0 Å².